The predicted octanol–water partition coefficient (Wildman–Crippen LogP) is 2.49. The first-order chi connectivity index (χ1) is 10.1. The minimum atomic E-state index is -1.07. The van der Waals surface area contributed by atoms with Crippen LogP contribution in [0.2, 0.25) is 0 Å². The van der Waals surface area contributed by atoms with Gasteiger partial charge in [0.25, 0.3) is 11.8 Å². The Morgan fingerprint density at radius 1 is 1.00 bits per heavy atom. The van der Waals surface area contributed by atoms with E-state index in [1.807, 2.05) is 0 Å². The summed E-state index contributed by atoms with van der Waals surface area (Å²) >= 11 is 0. The molecule has 0 spiro atoms. The van der Waals surface area contributed by atoms with E-state index < -0.39 is 18.3 Å². The van der Waals surface area contributed by atoms with Crippen LogP contribution in [-0.2, 0) is 6.52 Å². The number of hydrogen-bond donors (Lipinski definition) is 0. The Balaban J connectivity index is 1.94. The van der Waals surface area contributed by atoms with Gasteiger partial charge < -0.3 is 4.74 Å². The largest absolute Gasteiger partial charge is 0.497 e. The average molecular weight is 269 g/mol. The molecule has 3 rings (SSSR count). The molecule has 0 aliphatic carbocycles. The topological polar surface area (TPSA) is 46.6 Å². The Labute approximate surface area is 118 Å². The first kappa shape index (κ1) is 11.2. The summed E-state index contributed by atoms with van der Waals surface area (Å²) in [4.78, 5) is 25.6. The number of fused-ring (bicyclic) bond motifs is 1. The molecule has 0 aromatic heterocycles. The molecule has 2 aromatic rings. The fourth-order valence-electron chi connectivity index (χ4n) is 2.16. The average Bonchev–Trinajstić information content (AvgIpc) is 2.79. The second-order valence-corrected chi connectivity index (χ2v) is 4.43. The highest BCUT2D eigenvalue weighted by atomic mass is 16.5. The minimum absolute atomic E-state index is 0.355. The summed E-state index contributed by atoms with van der Waals surface area (Å²) in [5, 5.41) is 0. The van der Waals surface area contributed by atoms with Crippen LogP contribution < -0.4 is 4.74 Å². The Hall–Kier alpha value is -2.62. The monoisotopic (exact) mass is 269 g/mol. The van der Waals surface area contributed by atoms with Crippen LogP contribution in [0.1, 0.15) is 27.7 Å². The standard InChI is InChI=1S/C16H13NO3/c1-20-12-8-6-11(7-9-12)10-17-15(18)13-4-2-3-5-14(13)16(17)19/h2-9H,10H2,1H3/i10D,17+1/t10-/m1/s1. The van der Waals surface area contributed by atoms with Crippen molar-refractivity contribution in [2.75, 3.05) is 7.11 Å². The van der Waals surface area contributed by atoms with Crippen molar-refractivity contribution < 1.29 is 15.7 Å². The molecule has 100 valence electrons. The van der Waals surface area contributed by atoms with Crippen LogP contribution in [0.15, 0.2) is 48.5 Å². The summed E-state index contributed by atoms with van der Waals surface area (Å²) in [6.07, 6.45) is 0. The van der Waals surface area contributed by atoms with Crippen molar-refractivity contribution >= 4 is 11.8 Å². The summed E-state index contributed by atoms with van der Waals surface area (Å²) in [7, 11) is 1.55. The number of imide groups is 1. The molecule has 4 heteroatoms. The van der Waals surface area contributed by atoms with Crippen LogP contribution in [0.3, 0.4) is 0 Å². The van der Waals surface area contributed by atoms with Gasteiger partial charge in [-0.1, -0.05) is 24.3 Å². The van der Waals surface area contributed by atoms with E-state index in [-0.39, 0.29) is 0 Å². The molecule has 1 heterocycles. The van der Waals surface area contributed by atoms with Crippen LogP contribution >= 0.6 is 0 Å². The van der Waals surface area contributed by atoms with Gasteiger partial charge >= 0.3 is 0 Å². The maximum Gasteiger partial charge on any atom is 0.261 e. The fourth-order valence-corrected chi connectivity index (χ4v) is 2.16. The van der Waals surface area contributed by atoms with E-state index in [2.05, 4.69) is 0 Å². The fraction of sp³-hybridized carbons (Fsp3) is 0.125. The maximum atomic E-state index is 12.3. The normalized spacial score (nSPS) is 15.8. The number of carbonyl (C=O) groups is 2. The molecule has 1 aliphatic rings. The van der Waals surface area contributed by atoms with Gasteiger partial charge in [-0.3, -0.25) is 14.5 Å². The van der Waals surface area contributed by atoms with E-state index >= 15 is 0 Å². The zero-order chi connectivity index (χ0) is 15.0. The predicted molar refractivity (Wildman–Crippen MR) is 73.6 cm³/mol. The highest BCUT2D eigenvalue weighted by Crippen LogP contribution is 2.24. The van der Waals surface area contributed by atoms with Crippen molar-refractivity contribution in [3.05, 3.63) is 65.2 Å². The molecule has 0 unspecified atom stereocenters. The molecular formula is C16H13NO3. The Bertz CT molecular complexity index is 677. The molecule has 20 heavy (non-hydrogen) atoms. The quantitative estimate of drug-likeness (QED) is 0.635. The van der Waals surface area contributed by atoms with Crippen LogP contribution in [0.5, 0.6) is 5.75 Å². The molecule has 0 bridgehead atoms. The van der Waals surface area contributed by atoms with Crippen molar-refractivity contribution in [3.8, 4) is 5.75 Å². The number of benzene rings is 2. The first-order valence-corrected chi connectivity index (χ1v) is 6.16. The Morgan fingerprint density at radius 2 is 1.55 bits per heavy atom. The van der Waals surface area contributed by atoms with Gasteiger partial charge in [-0.15, -0.1) is 0 Å². The van der Waals surface area contributed by atoms with Crippen molar-refractivity contribution in [3.63, 3.8) is 0 Å². The molecule has 0 fully saturated rings. The molecule has 2 amide bonds. The van der Waals surface area contributed by atoms with Crippen LogP contribution in [0, 0.1) is 0 Å². The maximum absolute atomic E-state index is 12.3. The summed E-state index contributed by atoms with van der Waals surface area (Å²) in [5.74, 6) is -0.189. The third-order valence-corrected chi connectivity index (χ3v) is 3.22. The Morgan fingerprint density at radius 3 is 2.05 bits per heavy atom. The lowest BCUT2D eigenvalue weighted by Gasteiger charge is -2.14. The summed E-state index contributed by atoms with van der Waals surface area (Å²) in [6.45, 7) is -1.07. The number of hydrogen-bond acceptors (Lipinski definition) is 3. The number of ether oxygens (including phenoxy) is 1. The first-order valence-electron chi connectivity index (χ1n) is 6.74. The van der Waals surface area contributed by atoms with E-state index in [0.717, 1.165) is 4.90 Å². The van der Waals surface area contributed by atoms with Gasteiger partial charge in [0.05, 0.1) is 26.1 Å². The molecule has 0 saturated heterocycles. The second-order valence-electron chi connectivity index (χ2n) is 4.43. The Kier molecular flexibility index (Phi) is 2.70. The minimum Gasteiger partial charge on any atom is -0.497 e. The van der Waals surface area contributed by atoms with E-state index in [4.69, 9.17) is 6.11 Å². The van der Waals surface area contributed by atoms with Gasteiger partial charge in [-0.25, -0.2) is 0 Å². The lowest BCUT2D eigenvalue weighted by Crippen LogP contribution is -2.29. The molecule has 0 N–H and O–H groups in total. The van der Waals surface area contributed by atoms with Crippen LogP contribution in [0.4, 0.5) is 0 Å². The third kappa shape index (κ3) is 1.95. The second kappa shape index (κ2) is 4.81. The van der Waals surface area contributed by atoms with Gasteiger partial charge in [-0.05, 0) is 29.8 Å². The zero-order valence-corrected chi connectivity index (χ0v) is 10.9. The van der Waals surface area contributed by atoms with Crippen molar-refractivity contribution in [1.29, 1.82) is 0 Å². The van der Waals surface area contributed by atoms with E-state index in [0.29, 0.717) is 22.4 Å². The summed E-state index contributed by atoms with van der Waals surface area (Å²) in [5.41, 5.74) is 1.27. The number of carbonyl (C=O) groups excluding carboxylic acids is 2. The van der Waals surface area contributed by atoms with Gasteiger partial charge in [0.1, 0.15) is 5.75 Å². The highest BCUT2D eigenvalue weighted by molar-refractivity contribution is 6.21. The SMILES string of the molecule is [2H][C@H](c1ccc(OC)cc1)[15N]1C(=O)c2ccccc2C1=O. The van der Waals surface area contributed by atoms with E-state index in [9.17, 15) is 9.59 Å². The molecule has 1 atom stereocenters. The number of methoxy groups -OCH3 is 1. The number of rotatable bonds is 3. The smallest absolute Gasteiger partial charge is 0.261 e. The molecule has 0 radical (unpaired) electrons. The number of amides is 2. The van der Waals surface area contributed by atoms with E-state index in [1.165, 1.54) is 0 Å². The molecule has 4 nitrogen and oxygen atoms in total. The van der Waals surface area contributed by atoms with Gasteiger partial charge in [0, 0.05) is 0 Å². The zero-order valence-electron chi connectivity index (χ0n) is 11.9. The molecule has 2 aromatic carbocycles. The van der Waals surface area contributed by atoms with Crippen LogP contribution in [-0.4, -0.2) is 23.8 Å². The lowest BCUT2D eigenvalue weighted by molar-refractivity contribution is 0.0642. The molecule has 0 saturated carbocycles. The molecule has 1 aliphatic heterocycles. The van der Waals surface area contributed by atoms with Gasteiger partial charge in [0.2, 0.25) is 0 Å². The van der Waals surface area contributed by atoms with Crippen molar-refractivity contribution in [1.82, 2.24) is 4.90 Å². The summed E-state index contributed by atoms with van der Waals surface area (Å²) < 4.78 is 13.3. The lowest BCUT2D eigenvalue weighted by atomic mass is 10.1. The molecular weight excluding hydrogens is 255 g/mol. The van der Waals surface area contributed by atoms with Gasteiger partial charge in [0.15, 0.2) is 0 Å². The number of nitrogens with zero attached hydrogens (tertiary/aromatic N) is 1. The van der Waals surface area contributed by atoms with Crippen molar-refractivity contribution in [2.45, 2.75) is 6.52 Å². The highest BCUT2D eigenvalue weighted by Gasteiger charge is 2.34. The van der Waals surface area contributed by atoms with Crippen molar-refractivity contribution in [2.24, 2.45) is 0 Å². The summed E-state index contributed by atoms with van der Waals surface area (Å²) in [6, 6.07) is 13.4. The van der Waals surface area contributed by atoms with E-state index in [1.54, 1.807) is 55.6 Å². The third-order valence-electron chi connectivity index (χ3n) is 3.22. The van der Waals surface area contributed by atoms with Crippen LogP contribution in [0.25, 0.3) is 0 Å². The van der Waals surface area contributed by atoms with Gasteiger partial charge in [-0.2, -0.15) is 0 Å².